The van der Waals surface area contributed by atoms with Gasteiger partial charge in [0.2, 0.25) is 0 Å². The van der Waals surface area contributed by atoms with E-state index in [0.29, 0.717) is 0 Å². The van der Waals surface area contributed by atoms with E-state index in [9.17, 15) is 0 Å². The van der Waals surface area contributed by atoms with E-state index in [2.05, 4.69) is 20.8 Å². The first-order chi connectivity index (χ1) is 6.90. The van der Waals surface area contributed by atoms with Gasteiger partial charge in [-0.15, -0.1) is 5.10 Å². The number of hydrogen-bond donors (Lipinski definition) is 2. The number of nitrogens with one attached hydrogen (secondary N) is 2. The molecule has 0 aliphatic carbocycles. The molecule has 5 nitrogen and oxygen atoms in total. The van der Waals surface area contributed by atoms with Crippen molar-refractivity contribution in [1.29, 1.82) is 0 Å². The highest BCUT2D eigenvalue weighted by atomic mass is 16.5. The summed E-state index contributed by atoms with van der Waals surface area (Å²) in [7, 11) is 1.73. The molecule has 0 radical (unpaired) electrons. The molecule has 2 atom stereocenters. The second kappa shape index (κ2) is 4.34. The highest BCUT2D eigenvalue weighted by molar-refractivity contribution is 5.34. The number of anilines is 1. The van der Waals surface area contributed by atoms with Gasteiger partial charge in [0.05, 0.1) is 12.1 Å². The summed E-state index contributed by atoms with van der Waals surface area (Å²) in [5, 5.41) is 14.3. The van der Waals surface area contributed by atoms with Gasteiger partial charge < -0.3 is 15.4 Å². The summed E-state index contributed by atoms with van der Waals surface area (Å²) in [6.07, 6.45) is 1.86. The number of nitrogens with zero attached hydrogens (tertiary/aromatic N) is 2. The third-order valence-corrected chi connectivity index (χ3v) is 2.37. The van der Waals surface area contributed by atoms with E-state index in [1.807, 2.05) is 12.1 Å². The number of aromatic nitrogens is 2. The van der Waals surface area contributed by atoms with Crippen molar-refractivity contribution in [3.8, 4) is 0 Å². The Labute approximate surface area is 82.9 Å². The summed E-state index contributed by atoms with van der Waals surface area (Å²) in [5.74, 6) is 0.795. The summed E-state index contributed by atoms with van der Waals surface area (Å²) in [6.45, 7) is 1.78. The molecule has 0 saturated carbocycles. The van der Waals surface area contributed by atoms with Crippen LogP contribution in [0.1, 0.15) is 0 Å². The molecule has 0 aromatic carbocycles. The minimum Gasteiger partial charge on any atom is -0.378 e. The molecule has 1 aliphatic rings. The number of hydrogen-bond acceptors (Lipinski definition) is 5. The molecule has 0 spiro atoms. The van der Waals surface area contributed by atoms with Crippen molar-refractivity contribution in [3.05, 3.63) is 18.3 Å². The van der Waals surface area contributed by atoms with Crippen LogP contribution in [0, 0.1) is 0 Å². The first-order valence-electron chi connectivity index (χ1n) is 4.68. The quantitative estimate of drug-likeness (QED) is 0.702. The molecule has 1 aliphatic heterocycles. The Hall–Kier alpha value is -1.20. The van der Waals surface area contributed by atoms with Crippen molar-refractivity contribution in [2.24, 2.45) is 0 Å². The van der Waals surface area contributed by atoms with Gasteiger partial charge in [0.1, 0.15) is 5.82 Å². The summed E-state index contributed by atoms with van der Waals surface area (Å²) < 4.78 is 5.32. The van der Waals surface area contributed by atoms with E-state index in [0.717, 1.165) is 18.9 Å². The number of methoxy groups -OCH3 is 1. The fraction of sp³-hybridized carbons (Fsp3) is 0.556. The standard InChI is InChI=1S/C9H14N4O/c1-14-8-6-10-5-7(8)12-9-3-2-4-11-13-9/h2-4,7-8,10H,5-6H2,1H3,(H,12,13)/t7?,8-/m0/s1. The summed E-state index contributed by atoms with van der Waals surface area (Å²) in [5.41, 5.74) is 0. The Kier molecular flexibility index (Phi) is 2.90. The monoisotopic (exact) mass is 194 g/mol. The van der Waals surface area contributed by atoms with Crippen LogP contribution in [0.15, 0.2) is 18.3 Å². The molecule has 1 aromatic rings. The zero-order valence-electron chi connectivity index (χ0n) is 8.10. The zero-order valence-corrected chi connectivity index (χ0v) is 8.10. The summed E-state index contributed by atoms with van der Waals surface area (Å²) >= 11 is 0. The molecule has 0 amide bonds. The van der Waals surface area contributed by atoms with E-state index in [1.54, 1.807) is 13.3 Å². The fourth-order valence-corrected chi connectivity index (χ4v) is 1.61. The van der Waals surface area contributed by atoms with Crippen molar-refractivity contribution in [2.45, 2.75) is 12.1 Å². The third-order valence-electron chi connectivity index (χ3n) is 2.37. The second-order valence-corrected chi connectivity index (χ2v) is 3.29. The fourth-order valence-electron chi connectivity index (χ4n) is 1.61. The molecule has 1 saturated heterocycles. The molecular formula is C9H14N4O. The van der Waals surface area contributed by atoms with Crippen molar-refractivity contribution >= 4 is 5.82 Å². The Balaban J connectivity index is 1.97. The highest BCUT2D eigenvalue weighted by Crippen LogP contribution is 2.09. The second-order valence-electron chi connectivity index (χ2n) is 3.29. The molecule has 2 rings (SSSR count). The maximum atomic E-state index is 5.32. The molecule has 1 aromatic heterocycles. The van der Waals surface area contributed by atoms with Crippen molar-refractivity contribution in [3.63, 3.8) is 0 Å². The first kappa shape index (κ1) is 9.36. The average molecular weight is 194 g/mol. The maximum Gasteiger partial charge on any atom is 0.148 e. The molecule has 2 N–H and O–H groups in total. The predicted molar refractivity (Wildman–Crippen MR) is 53.1 cm³/mol. The average Bonchev–Trinajstić information content (AvgIpc) is 2.67. The molecule has 1 fully saturated rings. The van der Waals surface area contributed by atoms with E-state index >= 15 is 0 Å². The van der Waals surface area contributed by atoms with Gasteiger partial charge >= 0.3 is 0 Å². The van der Waals surface area contributed by atoms with Crippen LogP contribution in [0.5, 0.6) is 0 Å². The van der Waals surface area contributed by atoms with E-state index in [-0.39, 0.29) is 12.1 Å². The van der Waals surface area contributed by atoms with Gasteiger partial charge in [0.25, 0.3) is 0 Å². The lowest BCUT2D eigenvalue weighted by molar-refractivity contribution is 0.111. The Morgan fingerprint density at radius 1 is 1.57 bits per heavy atom. The molecule has 5 heteroatoms. The molecule has 2 heterocycles. The maximum absolute atomic E-state index is 5.32. The number of rotatable bonds is 3. The lowest BCUT2D eigenvalue weighted by Gasteiger charge is -2.18. The molecule has 0 bridgehead atoms. The van der Waals surface area contributed by atoms with E-state index in [4.69, 9.17) is 4.74 Å². The van der Waals surface area contributed by atoms with Crippen LogP contribution in [0.4, 0.5) is 5.82 Å². The molecule has 1 unspecified atom stereocenters. The molecular weight excluding hydrogens is 180 g/mol. The van der Waals surface area contributed by atoms with E-state index in [1.165, 1.54) is 0 Å². The number of ether oxygens (including phenoxy) is 1. The van der Waals surface area contributed by atoms with Crippen LogP contribution in [0.25, 0.3) is 0 Å². The van der Waals surface area contributed by atoms with Gasteiger partial charge in [0.15, 0.2) is 0 Å². The Morgan fingerprint density at radius 3 is 3.21 bits per heavy atom. The lowest BCUT2D eigenvalue weighted by Crippen LogP contribution is -2.33. The Bertz CT molecular complexity index is 279. The van der Waals surface area contributed by atoms with Gasteiger partial charge in [-0.2, -0.15) is 5.10 Å². The van der Waals surface area contributed by atoms with Crippen molar-refractivity contribution in [1.82, 2.24) is 15.5 Å². The normalized spacial score (nSPS) is 26.4. The van der Waals surface area contributed by atoms with Gasteiger partial charge in [0, 0.05) is 26.4 Å². The van der Waals surface area contributed by atoms with Gasteiger partial charge in [-0.1, -0.05) is 0 Å². The van der Waals surface area contributed by atoms with Gasteiger partial charge in [-0.3, -0.25) is 0 Å². The summed E-state index contributed by atoms with van der Waals surface area (Å²) in [4.78, 5) is 0. The van der Waals surface area contributed by atoms with Crippen LogP contribution in [0.2, 0.25) is 0 Å². The molecule has 14 heavy (non-hydrogen) atoms. The van der Waals surface area contributed by atoms with Gasteiger partial charge in [-0.05, 0) is 12.1 Å². The lowest BCUT2D eigenvalue weighted by atomic mass is 10.2. The van der Waals surface area contributed by atoms with E-state index < -0.39 is 0 Å². The van der Waals surface area contributed by atoms with Crippen LogP contribution in [-0.4, -0.2) is 42.5 Å². The summed E-state index contributed by atoms with van der Waals surface area (Å²) in [6, 6.07) is 4.04. The third kappa shape index (κ3) is 2.00. The zero-order chi connectivity index (χ0) is 9.80. The minimum absolute atomic E-state index is 0.206. The topological polar surface area (TPSA) is 59.1 Å². The smallest absolute Gasteiger partial charge is 0.148 e. The van der Waals surface area contributed by atoms with Crippen LogP contribution >= 0.6 is 0 Å². The molecule has 76 valence electrons. The first-order valence-corrected chi connectivity index (χ1v) is 4.68. The highest BCUT2D eigenvalue weighted by Gasteiger charge is 2.26. The predicted octanol–water partition coefficient (Wildman–Crippen LogP) is -0.125. The van der Waals surface area contributed by atoms with Crippen molar-refractivity contribution in [2.75, 3.05) is 25.5 Å². The van der Waals surface area contributed by atoms with Crippen LogP contribution in [-0.2, 0) is 4.74 Å². The van der Waals surface area contributed by atoms with Crippen molar-refractivity contribution < 1.29 is 4.74 Å². The van der Waals surface area contributed by atoms with Crippen LogP contribution in [0.3, 0.4) is 0 Å². The SMILES string of the molecule is CO[C@H]1CNCC1Nc1cccnn1. The van der Waals surface area contributed by atoms with Crippen LogP contribution < -0.4 is 10.6 Å². The minimum atomic E-state index is 0.206. The Morgan fingerprint density at radius 2 is 2.50 bits per heavy atom. The largest absolute Gasteiger partial charge is 0.378 e. The van der Waals surface area contributed by atoms with Gasteiger partial charge in [-0.25, -0.2) is 0 Å².